The van der Waals surface area contributed by atoms with Crippen LogP contribution in [0.5, 0.6) is 0 Å². The fourth-order valence-corrected chi connectivity index (χ4v) is 4.31. The maximum absolute atomic E-state index is 5.00. The van der Waals surface area contributed by atoms with Gasteiger partial charge >= 0.3 is 21.7 Å². The van der Waals surface area contributed by atoms with Gasteiger partial charge in [-0.15, -0.1) is 12.2 Å². The van der Waals surface area contributed by atoms with Crippen molar-refractivity contribution < 1.29 is 46.5 Å². The van der Waals surface area contributed by atoms with Crippen molar-refractivity contribution in [2.24, 2.45) is 5.92 Å². The predicted octanol–water partition coefficient (Wildman–Crippen LogP) is 1.58. The Kier molecular flexibility index (Phi) is 11.0. The quantitative estimate of drug-likeness (QED) is 0.612. The molecule has 0 aromatic heterocycles. The van der Waals surface area contributed by atoms with E-state index in [2.05, 4.69) is 84.9 Å². The summed E-state index contributed by atoms with van der Waals surface area (Å²) in [5, 5.41) is 5.00. The van der Waals surface area contributed by atoms with E-state index >= 15 is 0 Å². The normalized spacial score (nSPS) is 15.5. The van der Waals surface area contributed by atoms with Crippen LogP contribution in [0, 0.1) is 26.7 Å². The van der Waals surface area contributed by atoms with Gasteiger partial charge < -0.3 is 30.1 Å². The molecule has 3 rings (SSSR count). The third-order valence-corrected chi connectivity index (χ3v) is 5.99. The Morgan fingerprint density at radius 1 is 0.828 bits per heavy atom. The van der Waals surface area contributed by atoms with Crippen molar-refractivity contribution in [3.63, 3.8) is 0 Å². The second-order valence-corrected chi connectivity index (χ2v) is 7.79. The van der Waals surface area contributed by atoms with Crippen molar-refractivity contribution in [2.75, 3.05) is 0 Å². The predicted molar refractivity (Wildman–Crippen MR) is 114 cm³/mol. The van der Waals surface area contributed by atoms with E-state index < -0.39 is 0 Å². The van der Waals surface area contributed by atoms with E-state index in [0.29, 0.717) is 5.92 Å². The fraction of sp³-hybridized carbons (Fsp3) is 0.360. The van der Waals surface area contributed by atoms with E-state index in [0.717, 1.165) is 12.2 Å². The molecule has 0 saturated carbocycles. The Bertz CT molecular complexity index is 905. The van der Waals surface area contributed by atoms with Crippen molar-refractivity contribution in [2.45, 2.75) is 55.0 Å². The van der Waals surface area contributed by atoms with Gasteiger partial charge in [0.05, 0.1) is 0 Å². The van der Waals surface area contributed by atoms with E-state index in [1.807, 2.05) is 0 Å². The second-order valence-electron chi connectivity index (χ2n) is 7.79. The van der Waals surface area contributed by atoms with Crippen LogP contribution >= 0.6 is 0 Å². The van der Waals surface area contributed by atoms with E-state index in [-0.39, 0.29) is 46.5 Å². The monoisotopic (exact) mass is 462 g/mol. The molecule has 153 valence electrons. The topological polar surface area (TPSA) is 14.1 Å². The van der Waals surface area contributed by atoms with Crippen molar-refractivity contribution in [3.8, 4) is 0 Å². The zero-order valence-electron chi connectivity index (χ0n) is 18.5. The molecule has 4 heteroatoms. The standard InChI is InChI=1S/C25H30N.2ClH.Ti/c1-15-12-16(2)25(17(3)13-15)26-14-22-10-8-9-11-23(22)24-20(6)18(4)19(5)21(24)7;;;/h8-13,20H,14H2,1-7H3;2*1H;/q-1;;;+3/p-2. The Hall–Kier alpha value is -0.986. The van der Waals surface area contributed by atoms with Crippen LogP contribution in [0.25, 0.3) is 10.9 Å². The minimum Gasteiger partial charge on any atom is -1.00 e. The summed E-state index contributed by atoms with van der Waals surface area (Å²) in [6.45, 7) is 16.3. The molecule has 0 spiro atoms. The van der Waals surface area contributed by atoms with Crippen molar-refractivity contribution >= 4 is 11.3 Å². The Morgan fingerprint density at radius 2 is 1.38 bits per heavy atom. The third-order valence-electron chi connectivity index (χ3n) is 5.99. The zero-order chi connectivity index (χ0) is 19.0. The molecule has 1 aliphatic carbocycles. The smallest absolute Gasteiger partial charge is 1.00 e. The first-order valence-electron chi connectivity index (χ1n) is 9.53. The van der Waals surface area contributed by atoms with Gasteiger partial charge in [0.15, 0.2) is 0 Å². The fourth-order valence-electron chi connectivity index (χ4n) is 4.31. The molecular formula is C25H30Cl2NTi. The first-order valence-corrected chi connectivity index (χ1v) is 9.53. The molecule has 0 bridgehead atoms. The molecular weight excluding hydrogens is 433 g/mol. The molecule has 0 aliphatic heterocycles. The number of nitrogens with zero attached hydrogens (tertiary/aromatic N) is 1. The van der Waals surface area contributed by atoms with E-state index in [1.54, 1.807) is 0 Å². The van der Waals surface area contributed by atoms with Crippen LogP contribution in [0.3, 0.4) is 0 Å². The van der Waals surface area contributed by atoms with Gasteiger partial charge in [-0.3, -0.25) is 0 Å². The van der Waals surface area contributed by atoms with Gasteiger partial charge in [-0.05, 0) is 63.8 Å². The van der Waals surface area contributed by atoms with E-state index in [1.165, 1.54) is 50.1 Å². The van der Waals surface area contributed by atoms with Gasteiger partial charge in [-0.2, -0.15) is 0 Å². The largest absolute Gasteiger partial charge is 3.00 e. The Balaban J connectivity index is 0.00000261. The number of rotatable bonds is 4. The number of hydrogen-bond acceptors (Lipinski definition) is 0. The molecule has 1 unspecified atom stereocenters. The van der Waals surface area contributed by atoms with E-state index in [9.17, 15) is 0 Å². The Labute approximate surface area is 204 Å². The Morgan fingerprint density at radius 3 is 1.90 bits per heavy atom. The van der Waals surface area contributed by atoms with Crippen molar-refractivity contribution in [1.82, 2.24) is 0 Å². The van der Waals surface area contributed by atoms with Crippen molar-refractivity contribution in [3.05, 3.63) is 86.3 Å². The molecule has 1 radical (unpaired) electrons. The average molecular weight is 463 g/mol. The summed E-state index contributed by atoms with van der Waals surface area (Å²) in [6, 6.07) is 13.2. The van der Waals surface area contributed by atoms with Gasteiger partial charge in [-0.25, -0.2) is 0 Å². The van der Waals surface area contributed by atoms with Crippen LogP contribution < -0.4 is 24.8 Å². The second kappa shape index (κ2) is 11.4. The molecule has 0 heterocycles. The molecule has 0 fully saturated rings. The van der Waals surface area contributed by atoms with Crippen LogP contribution in [0.1, 0.15) is 55.5 Å². The van der Waals surface area contributed by atoms with Gasteiger partial charge in [0, 0.05) is 5.92 Å². The SMILES string of the molecule is CC1=C(C)C(C)C(c2ccccc2C[N-]c2c(C)cc(C)cc2C)=C1C.[Cl-].[Cl-].[Ti+3]. The van der Waals surface area contributed by atoms with Crippen LogP contribution in [-0.2, 0) is 28.3 Å². The summed E-state index contributed by atoms with van der Waals surface area (Å²) in [7, 11) is 0. The van der Waals surface area contributed by atoms with Crippen molar-refractivity contribution in [1.29, 1.82) is 0 Å². The summed E-state index contributed by atoms with van der Waals surface area (Å²) in [4.78, 5) is 0. The zero-order valence-corrected chi connectivity index (χ0v) is 21.5. The molecule has 29 heavy (non-hydrogen) atoms. The molecule has 0 saturated heterocycles. The minimum absolute atomic E-state index is 0. The van der Waals surface area contributed by atoms with Crippen LogP contribution in [-0.4, -0.2) is 0 Å². The maximum Gasteiger partial charge on any atom is 3.00 e. The molecule has 0 amide bonds. The minimum atomic E-state index is 0. The molecule has 1 aliphatic rings. The van der Waals surface area contributed by atoms with Gasteiger partial charge in [0.25, 0.3) is 0 Å². The molecule has 0 N–H and O–H groups in total. The molecule has 1 nitrogen and oxygen atoms in total. The maximum atomic E-state index is 5.00. The molecule has 1 atom stereocenters. The number of hydrogen-bond donors (Lipinski definition) is 0. The number of allylic oxidation sites excluding steroid dienone is 4. The number of benzene rings is 2. The summed E-state index contributed by atoms with van der Waals surface area (Å²) in [5.41, 5.74) is 13.5. The number of aryl methyl sites for hydroxylation is 3. The number of halogens is 2. The summed E-state index contributed by atoms with van der Waals surface area (Å²) in [6.07, 6.45) is 0. The van der Waals surface area contributed by atoms with Gasteiger partial charge in [0.2, 0.25) is 0 Å². The average Bonchev–Trinajstić information content (AvgIpc) is 2.78. The van der Waals surface area contributed by atoms with Gasteiger partial charge in [0.1, 0.15) is 0 Å². The first-order chi connectivity index (χ1) is 12.3. The summed E-state index contributed by atoms with van der Waals surface area (Å²) >= 11 is 0. The summed E-state index contributed by atoms with van der Waals surface area (Å²) < 4.78 is 0. The molecule has 2 aromatic rings. The van der Waals surface area contributed by atoms with E-state index in [4.69, 9.17) is 5.32 Å². The van der Waals surface area contributed by atoms with Crippen LogP contribution in [0.2, 0.25) is 0 Å². The summed E-state index contributed by atoms with van der Waals surface area (Å²) in [5.74, 6) is 0.485. The third kappa shape index (κ3) is 5.58. The van der Waals surface area contributed by atoms with Crippen LogP contribution in [0.4, 0.5) is 5.69 Å². The van der Waals surface area contributed by atoms with Gasteiger partial charge in [-0.1, -0.05) is 71.1 Å². The van der Waals surface area contributed by atoms with Crippen LogP contribution in [0.15, 0.2) is 53.1 Å². The molecule has 2 aromatic carbocycles. The first kappa shape index (κ1) is 28.0.